The zero-order valence-electron chi connectivity index (χ0n) is 19.5. The summed E-state index contributed by atoms with van der Waals surface area (Å²) < 4.78 is 35.7. The van der Waals surface area contributed by atoms with Crippen LogP contribution in [0, 0.1) is 12.3 Å². The van der Waals surface area contributed by atoms with E-state index in [0.717, 1.165) is 43.8 Å². The number of hydrogen-bond donors (Lipinski definition) is 3. The van der Waals surface area contributed by atoms with Crippen LogP contribution < -0.4 is 5.32 Å². The standard InChI is InChI=1S/C25H26FN7O2S/c1-2-8-32-9-11-33(12-10-32)17-19-6-7-21-22(14-19)30-25(29-21)24-23(16-28-31-24)27-15-18-4-3-5-20(13-18)36(26,34)35/h1,3-7,13-14,16,27H,8-12,15,17H2,(H,28,31)(H,29,30). The molecule has 0 saturated carbocycles. The fourth-order valence-electron chi connectivity index (χ4n) is 4.37. The number of nitrogens with zero attached hydrogens (tertiary/aromatic N) is 4. The molecule has 4 aromatic rings. The van der Waals surface area contributed by atoms with E-state index in [9.17, 15) is 12.3 Å². The van der Waals surface area contributed by atoms with Gasteiger partial charge < -0.3 is 10.3 Å². The van der Waals surface area contributed by atoms with Crippen molar-refractivity contribution in [3.8, 4) is 23.9 Å². The summed E-state index contributed by atoms with van der Waals surface area (Å²) in [5, 5.41) is 10.3. The molecule has 9 nitrogen and oxygen atoms in total. The van der Waals surface area contributed by atoms with Crippen molar-refractivity contribution in [1.82, 2.24) is 30.0 Å². The van der Waals surface area contributed by atoms with Crippen LogP contribution in [-0.2, 0) is 23.3 Å². The minimum Gasteiger partial charge on any atom is -0.378 e. The van der Waals surface area contributed by atoms with Crippen molar-refractivity contribution >= 4 is 26.9 Å². The molecule has 1 saturated heterocycles. The molecule has 0 atom stereocenters. The van der Waals surface area contributed by atoms with Gasteiger partial charge in [0.1, 0.15) is 5.69 Å². The summed E-state index contributed by atoms with van der Waals surface area (Å²) in [6.07, 6.45) is 7.05. The zero-order chi connectivity index (χ0) is 25.1. The summed E-state index contributed by atoms with van der Waals surface area (Å²) in [5.41, 5.74) is 4.95. The molecule has 5 rings (SSSR count). The smallest absolute Gasteiger partial charge is 0.332 e. The molecular weight excluding hydrogens is 481 g/mol. The number of anilines is 1. The number of rotatable bonds is 8. The maximum absolute atomic E-state index is 13.3. The minimum absolute atomic E-state index is 0.287. The van der Waals surface area contributed by atoms with Crippen molar-refractivity contribution in [3.63, 3.8) is 0 Å². The number of aromatic nitrogens is 4. The lowest BCUT2D eigenvalue weighted by Gasteiger charge is -2.33. The number of piperazine rings is 1. The Bertz CT molecular complexity index is 1510. The molecule has 1 aliphatic heterocycles. The lowest BCUT2D eigenvalue weighted by molar-refractivity contribution is 0.138. The Morgan fingerprint density at radius 3 is 2.67 bits per heavy atom. The molecule has 2 aromatic carbocycles. The van der Waals surface area contributed by atoms with E-state index in [-0.39, 0.29) is 11.4 Å². The maximum Gasteiger partial charge on any atom is 0.332 e. The van der Waals surface area contributed by atoms with Crippen LogP contribution in [0.4, 0.5) is 9.57 Å². The molecule has 0 unspecified atom stereocenters. The minimum atomic E-state index is -4.76. The molecule has 0 spiro atoms. The van der Waals surface area contributed by atoms with E-state index in [1.807, 2.05) is 6.07 Å². The van der Waals surface area contributed by atoms with Crippen molar-refractivity contribution in [2.75, 3.05) is 38.0 Å². The summed E-state index contributed by atoms with van der Waals surface area (Å²) >= 11 is 0. The van der Waals surface area contributed by atoms with Crippen molar-refractivity contribution < 1.29 is 12.3 Å². The first-order valence-corrected chi connectivity index (χ1v) is 13.0. The molecule has 186 valence electrons. The van der Waals surface area contributed by atoms with Gasteiger partial charge in [0.05, 0.1) is 34.4 Å². The van der Waals surface area contributed by atoms with Crippen molar-refractivity contribution in [3.05, 3.63) is 59.8 Å². The predicted octanol–water partition coefficient (Wildman–Crippen LogP) is 2.97. The summed E-state index contributed by atoms with van der Waals surface area (Å²) in [4.78, 5) is 12.4. The highest BCUT2D eigenvalue weighted by Gasteiger charge is 2.17. The fraction of sp³-hybridized carbons (Fsp3) is 0.280. The van der Waals surface area contributed by atoms with Gasteiger partial charge in [0.15, 0.2) is 5.82 Å². The third-order valence-electron chi connectivity index (χ3n) is 6.27. The molecule has 1 aliphatic rings. The molecule has 0 amide bonds. The molecule has 2 aromatic heterocycles. The number of benzene rings is 2. The first kappa shape index (κ1) is 24.0. The molecule has 0 radical (unpaired) electrons. The lowest BCUT2D eigenvalue weighted by atomic mass is 10.1. The Morgan fingerprint density at radius 2 is 1.89 bits per heavy atom. The predicted molar refractivity (Wildman–Crippen MR) is 136 cm³/mol. The van der Waals surface area contributed by atoms with Crippen LogP contribution in [0.1, 0.15) is 11.1 Å². The normalized spacial score (nSPS) is 15.2. The molecule has 3 heterocycles. The van der Waals surface area contributed by atoms with Crippen molar-refractivity contribution in [2.45, 2.75) is 18.0 Å². The Hall–Kier alpha value is -3.72. The number of terminal acetylenes is 1. The largest absolute Gasteiger partial charge is 0.378 e. The Labute approximate surface area is 208 Å². The highest BCUT2D eigenvalue weighted by molar-refractivity contribution is 7.86. The average Bonchev–Trinajstić information content (AvgIpc) is 3.50. The molecule has 1 fully saturated rings. The second-order valence-corrected chi connectivity index (χ2v) is 10.1. The fourth-order valence-corrected chi connectivity index (χ4v) is 4.90. The Morgan fingerprint density at radius 1 is 1.08 bits per heavy atom. The Kier molecular flexibility index (Phi) is 6.73. The number of halogens is 1. The van der Waals surface area contributed by atoms with E-state index in [1.165, 1.54) is 23.8 Å². The van der Waals surface area contributed by atoms with Crippen LogP contribution in [0.15, 0.2) is 53.6 Å². The quantitative estimate of drug-likeness (QED) is 0.248. The second-order valence-electron chi connectivity index (χ2n) is 8.79. The van der Waals surface area contributed by atoms with E-state index < -0.39 is 10.2 Å². The molecule has 0 aliphatic carbocycles. The highest BCUT2D eigenvalue weighted by Crippen LogP contribution is 2.27. The summed E-state index contributed by atoms with van der Waals surface area (Å²) in [6.45, 7) is 5.77. The van der Waals surface area contributed by atoms with Crippen LogP contribution in [0.2, 0.25) is 0 Å². The maximum atomic E-state index is 13.3. The molecule has 36 heavy (non-hydrogen) atoms. The topological polar surface area (TPSA) is 110 Å². The van der Waals surface area contributed by atoms with Crippen LogP contribution in [0.3, 0.4) is 0 Å². The number of nitrogens with one attached hydrogen (secondary N) is 3. The third kappa shape index (κ3) is 5.41. The van der Waals surface area contributed by atoms with E-state index in [4.69, 9.17) is 11.4 Å². The molecule has 3 N–H and O–H groups in total. The Balaban J connectivity index is 1.28. The van der Waals surface area contributed by atoms with Crippen molar-refractivity contribution in [1.29, 1.82) is 0 Å². The molecule has 11 heteroatoms. The molecular formula is C25H26FN7O2S. The van der Waals surface area contributed by atoms with Gasteiger partial charge in [-0.05, 0) is 35.4 Å². The van der Waals surface area contributed by atoms with Gasteiger partial charge >= 0.3 is 10.2 Å². The first-order valence-electron chi connectivity index (χ1n) is 11.6. The number of H-pyrrole nitrogens is 2. The van der Waals surface area contributed by atoms with Crippen LogP contribution in [-0.4, -0.2) is 71.1 Å². The van der Waals surface area contributed by atoms with Gasteiger partial charge in [-0.25, -0.2) is 4.98 Å². The average molecular weight is 508 g/mol. The monoisotopic (exact) mass is 507 g/mol. The van der Waals surface area contributed by atoms with Crippen LogP contribution in [0.5, 0.6) is 0 Å². The van der Waals surface area contributed by atoms with E-state index in [0.29, 0.717) is 29.3 Å². The van der Waals surface area contributed by atoms with E-state index >= 15 is 0 Å². The second kappa shape index (κ2) is 10.1. The highest BCUT2D eigenvalue weighted by atomic mass is 32.3. The van der Waals surface area contributed by atoms with Crippen LogP contribution >= 0.6 is 0 Å². The third-order valence-corrected chi connectivity index (χ3v) is 7.09. The first-order chi connectivity index (χ1) is 17.4. The van der Waals surface area contributed by atoms with Gasteiger partial charge in [-0.3, -0.25) is 14.9 Å². The zero-order valence-corrected chi connectivity index (χ0v) is 20.4. The van der Waals surface area contributed by atoms with Gasteiger partial charge in [-0.1, -0.05) is 24.1 Å². The van der Waals surface area contributed by atoms with Gasteiger partial charge in [0, 0.05) is 39.3 Å². The number of aromatic amines is 2. The van der Waals surface area contributed by atoms with E-state index in [1.54, 1.807) is 12.3 Å². The van der Waals surface area contributed by atoms with E-state index in [2.05, 4.69) is 48.4 Å². The number of fused-ring (bicyclic) bond motifs is 1. The summed E-state index contributed by atoms with van der Waals surface area (Å²) in [5.74, 6) is 3.34. The number of hydrogen-bond acceptors (Lipinski definition) is 7. The van der Waals surface area contributed by atoms with Gasteiger partial charge in [0.25, 0.3) is 0 Å². The molecule has 0 bridgehead atoms. The number of imidazole rings is 1. The summed E-state index contributed by atoms with van der Waals surface area (Å²) in [7, 11) is -4.76. The summed E-state index contributed by atoms with van der Waals surface area (Å²) in [6, 6.07) is 12.0. The SMILES string of the molecule is C#CCN1CCN(Cc2ccc3nc(-c4[nH]ncc4NCc4cccc(S(=O)(=O)F)c4)[nH]c3c2)CC1. The lowest BCUT2D eigenvalue weighted by Crippen LogP contribution is -2.45. The van der Waals surface area contributed by atoms with Gasteiger partial charge in [0.2, 0.25) is 0 Å². The van der Waals surface area contributed by atoms with Crippen molar-refractivity contribution in [2.24, 2.45) is 0 Å². The van der Waals surface area contributed by atoms with Gasteiger partial charge in [-0.15, -0.1) is 10.3 Å². The van der Waals surface area contributed by atoms with Gasteiger partial charge in [-0.2, -0.15) is 13.5 Å². The van der Waals surface area contributed by atoms with Crippen LogP contribution in [0.25, 0.3) is 22.6 Å².